The summed E-state index contributed by atoms with van der Waals surface area (Å²) in [5.74, 6) is -0.436. The topological polar surface area (TPSA) is 9.23 Å². The maximum Gasteiger partial charge on any atom is 0.141 e. The van der Waals surface area contributed by atoms with Crippen LogP contribution in [0.3, 0.4) is 0 Å². The van der Waals surface area contributed by atoms with E-state index in [1.165, 1.54) is 11.6 Å². The van der Waals surface area contributed by atoms with Crippen molar-refractivity contribution in [3.63, 3.8) is 0 Å². The molecule has 0 aliphatic rings. The van der Waals surface area contributed by atoms with E-state index in [0.717, 1.165) is 17.5 Å². The lowest BCUT2D eigenvalue weighted by atomic mass is 10.0. The highest BCUT2D eigenvalue weighted by atomic mass is 35.5. The molecule has 20 heavy (non-hydrogen) atoms. The van der Waals surface area contributed by atoms with E-state index in [9.17, 15) is 4.39 Å². The molecule has 2 aromatic carbocycles. The van der Waals surface area contributed by atoms with Gasteiger partial charge in [0.25, 0.3) is 0 Å². The SMILES string of the molecule is COCCc1ccc(C(Cl)c2ccc(F)c(Cl)c2)cc1. The molecule has 1 unspecified atom stereocenters. The van der Waals surface area contributed by atoms with E-state index in [2.05, 4.69) is 0 Å². The summed E-state index contributed by atoms with van der Waals surface area (Å²) in [5.41, 5.74) is 2.93. The summed E-state index contributed by atoms with van der Waals surface area (Å²) in [5, 5.41) is -0.255. The van der Waals surface area contributed by atoms with Crippen LogP contribution in [0.2, 0.25) is 5.02 Å². The molecule has 0 heterocycles. The summed E-state index contributed by atoms with van der Waals surface area (Å²) in [6.07, 6.45) is 0.867. The summed E-state index contributed by atoms with van der Waals surface area (Å²) in [6, 6.07) is 12.5. The molecule has 0 amide bonds. The van der Waals surface area contributed by atoms with Crippen molar-refractivity contribution in [1.29, 1.82) is 0 Å². The van der Waals surface area contributed by atoms with Gasteiger partial charge in [-0.2, -0.15) is 0 Å². The van der Waals surface area contributed by atoms with Crippen LogP contribution in [0.15, 0.2) is 42.5 Å². The third-order valence-electron chi connectivity index (χ3n) is 3.10. The first-order chi connectivity index (χ1) is 9.61. The number of alkyl halides is 1. The van der Waals surface area contributed by atoms with Crippen molar-refractivity contribution in [3.05, 3.63) is 70.0 Å². The predicted octanol–water partition coefficient (Wildman–Crippen LogP) is 5.00. The predicted molar refractivity (Wildman–Crippen MR) is 81.1 cm³/mol. The first-order valence-electron chi connectivity index (χ1n) is 6.28. The van der Waals surface area contributed by atoms with E-state index in [1.54, 1.807) is 19.2 Å². The summed E-state index contributed by atoms with van der Waals surface area (Å²) in [7, 11) is 1.68. The second-order valence-corrected chi connectivity index (χ2v) is 5.36. The molecule has 2 rings (SSSR count). The lowest BCUT2D eigenvalue weighted by Crippen LogP contribution is -1.97. The van der Waals surface area contributed by atoms with Crippen molar-refractivity contribution in [1.82, 2.24) is 0 Å². The number of hydrogen-bond acceptors (Lipinski definition) is 1. The molecule has 0 bridgehead atoms. The van der Waals surface area contributed by atoms with E-state index < -0.39 is 5.82 Å². The van der Waals surface area contributed by atoms with Crippen LogP contribution < -0.4 is 0 Å². The van der Waals surface area contributed by atoms with Gasteiger partial charge in [-0.05, 0) is 35.2 Å². The monoisotopic (exact) mass is 312 g/mol. The zero-order valence-electron chi connectivity index (χ0n) is 11.1. The molecule has 2 aromatic rings. The molecule has 0 aliphatic carbocycles. The van der Waals surface area contributed by atoms with Gasteiger partial charge in [0.1, 0.15) is 5.82 Å². The van der Waals surface area contributed by atoms with Gasteiger partial charge < -0.3 is 4.74 Å². The van der Waals surface area contributed by atoms with Gasteiger partial charge in [-0.15, -0.1) is 11.6 Å². The van der Waals surface area contributed by atoms with Gasteiger partial charge in [0, 0.05) is 7.11 Å². The number of benzene rings is 2. The maximum atomic E-state index is 13.1. The Bertz CT molecular complexity index is 569. The third kappa shape index (κ3) is 3.72. The van der Waals surface area contributed by atoms with Crippen LogP contribution >= 0.6 is 23.2 Å². The summed E-state index contributed by atoms with van der Waals surface area (Å²) in [4.78, 5) is 0. The maximum absolute atomic E-state index is 13.1. The van der Waals surface area contributed by atoms with Crippen molar-refractivity contribution in [2.75, 3.05) is 13.7 Å². The summed E-state index contributed by atoms with van der Waals surface area (Å²) >= 11 is 12.2. The largest absolute Gasteiger partial charge is 0.384 e. The second kappa shape index (κ2) is 7.07. The summed E-state index contributed by atoms with van der Waals surface area (Å²) in [6.45, 7) is 0.692. The van der Waals surface area contributed by atoms with Crippen molar-refractivity contribution in [2.24, 2.45) is 0 Å². The first kappa shape index (κ1) is 15.3. The Morgan fingerprint density at radius 3 is 2.35 bits per heavy atom. The molecule has 1 nitrogen and oxygen atoms in total. The molecule has 0 fully saturated rings. The fourth-order valence-corrected chi connectivity index (χ4v) is 2.41. The highest BCUT2D eigenvalue weighted by molar-refractivity contribution is 6.31. The summed E-state index contributed by atoms with van der Waals surface area (Å²) < 4.78 is 18.2. The minimum Gasteiger partial charge on any atom is -0.384 e. The normalized spacial score (nSPS) is 12.4. The molecule has 0 saturated heterocycles. The minimum absolute atomic E-state index is 0.0878. The average Bonchev–Trinajstić information content (AvgIpc) is 2.48. The van der Waals surface area contributed by atoms with Crippen molar-refractivity contribution < 1.29 is 9.13 Å². The van der Waals surface area contributed by atoms with E-state index in [-0.39, 0.29) is 10.4 Å². The molecule has 0 saturated carbocycles. The van der Waals surface area contributed by atoms with Gasteiger partial charge in [0.2, 0.25) is 0 Å². The Kier molecular flexibility index (Phi) is 5.41. The fourth-order valence-electron chi connectivity index (χ4n) is 1.94. The van der Waals surface area contributed by atoms with Crippen LogP contribution in [-0.2, 0) is 11.2 Å². The lowest BCUT2D eigenvalue weighted by Gasteiger charge is -2.12. The number of methoxy groups -OCH3 is 1. The second-order valence-electron chi connectivity index (χ2n) is 4.52. The van der Waals surface area contributed by atoms with Gasteiger partial charge in [0.05, 0.1) is 17.0 Å². The highest BCUT2D eigenvalue weighted by Gasteiger charge is 2.12. The highest BCUT2D eigenvalue weighted by Crippen LogP contribution is 2.31. The Hall–Kier alpha value is -1.09. The molecule has 0 aromatic heterocycles. The van der Waals surface area contributed by atoms with E-state index in [0.29, 0.717) is 6.61 Å². The molecule has 106 valence electrons. The molecule has 0 aliphatic heterocycles. The fraction of sp³-hybridized carbons (Fsp3) is 0.250. The Morgan fingerprint density at radius 2 is 1.75 bits per heavy atom. The van der Waals surface area contributed by atoms with Crippen molar-refractivity contribution in [3.8, 4) is 0 Å². The quantitative estimate of drug-likeness (QED) is 0.706. The van der Waals surface area contributed by atoms with Gasteiger partial charge in [-0.1, -0.05) is 41.9 Å². The molecule has 1 atom stereocenters. The van der Waals surface area contributed by atoms with Gasteiger partial charge in [-0.25, -0.2) is 4.39 Å². The Labute approximate surface area is 128 Å². The number of ether oxygens (including phenoxy) is 1. The zero-order valence-corrected chi connectivity index (χ0v) is 12.6. The zero-order chi connectivity index (χ0) is 14.5. The number of hydrogen-bond donors (Lipinski definition) is 0. The molecular formula is C16H15Cl2FO. The molecule has 0 radical (unpaired) electrons. The smallest absolute Gasteiger partial charge is 0.141 e. The number of halogens is 3. The minimum atomic E-state index is -0.436. The van der Waals surface area contributed by atoms with Crippen LogP contribution in [0, 0.1) is 5.82 Å². The van der Waals surface area contributed by atoms with E-state index >= 15 is 0 Å². The van der Waals surface area contributed by atoms with Gasteiger partial charge in [-0.3, -0.25) is 0 Å². The van der Waals surface area contributed by atoms with Crippen LogP contribution in [-0.4, -0.2) is 13.7 Å². The van der Waals surface area contributed by atoms with Gasteiger partial charge >= 0.3 is 0 Å². The third-order valence-corrected chi connectivity index (χ3v) is 3.90. The van der Waals surface area contributed by atoms with Crippen molar-refractivity contribution in [2.45, 2.75) is 11.8 Å². The van der Waals surface area contributed by atoms with Crippen LogP contribution in [0.5, 0.6) is 0 Å². The van der Waals surface area contributed by atoms with E-state index in [4.69, 9.17) is 27.9 Å². The van der Waals surface area contributed by atoms with Gasteiger partial charge in [0.15, 0.2) is 0 Å². The number of rotatable bonds is 5. The standard InChI is InChI=1S/C16H15Cl2FO/c1-20-9-8-11-2-4-12(5-3-11)16(18)13-6-7-15(19)14(17)10-13/h2-7,10,16H,8-9H2,1H3. The molecule has 0 N–H and O–H groups in total. The molecular weight excluding hydrogens is 298 g/mol. The lowest BCUT2D eigenvalue weighted by molar-refractivity contribution is 0.202. The van der Waals surface area contributed by atoms with Crippen molar-refractivity contribution >= 4 is 23.2 Å². The average molecular weight is 313 g/mol. The Balaban J connectivity index is 2.15. The van der Waals surface area contributed by atoms with E-state index in [1.807, 2.05) is 24.3 Å². The van der Waals surface area contributed by atoms with Crippen LogP contribution in [0.4, 0.5) is 4.39 Å². The molecule has 4 heteroatoms. The van der Waals surface area contributed by atoms with Crippen LogP contribution in [0.25, 0.3) is 0 Å². The van der Waals surface area contributed by atoms with Crippen LogP contribution in [0.1, 0.15) is 22.1 Å². The first-order valence-corrected chi connectivity index (χ1v) is 7.10. The Morgan fingerprint density at radius 1 is 1.10 bits per heavy atom. The molecule has 0 spiro atoms.